The topological polar surface area (TPSA) is 77.4 Å². The lowest BCUT2D eigenvalue weighted by Gasteiger charge is -2.00. The highest BCUT2D eigenvalue weighted by molar-refractivity contribution is 6.31. The number of para-hydroxylation sites is 2. The van der Waals surface area contributed by atoms with Gasteiger partial charge >= 0.3 is 11.8 Å². The van der Waals surface area contributed by atoms with Gasteiger partial charge in [-0.1, -0.05) is 23.7 Å². The Balaban J connectivity index is 2.15. The summed E-state index contributed by atoms with van der Waals surface area (Å²) < 4.78 is 7.49. The third-order valence-corrected chi connectivity index (χ3v) is 3.93. The molecule has 0 unspecified atom stereocenters. The monoisotopic (exact) mass is 328 g/mol. The van der Waals surface area contributed by atoms with Crippen LogP contribution in [0.1, 0.15) is 0 Å². The fourth-order valence-corrected chi connectivity index (χ4v) is 2.89. The summed E-state index contributed by atoms with van der Waals surface area (Å²) in [5, 5.41) is 10.5. The molecule has 0 bridgehead atoms. The molecule has 0 saturated heterocycles. The molecule has 23 heavy (non-hydrogen) atoms. The minimum atomic E-state index is -1.33. The van der Waals surface area contributed by atoms with Crippen molar-refractivity contribution in [3.05, 3.63) is 64.2 Å². The number of imidazole rings is 1. The standard InChI is InChI=1S/C16H9ClN2O4/c17-9-5-6-10-13(8-23-14(10)7-9)18-11-3-1-2-4-12(11)19(15(18)20)16(21)22/h1-8H,(H,21,22). The van der Waals surface area contributed by atoms with Gasteiger partial charge in [0.1, 0.15) is 11.8 Å². The van der Waals surface area contributed by atoms with Crippen LogP contribution in [0.4, 0.5) is 4.79 Å². The van der Waals surface area contributed by atoms with E-state index in [1.54, 1.807) is 42.5 Å². The van der Waals surface area contributed by atoms with Gasteiger partial charge in [-0.05, 0) is 24.3 Å². The highest BCUT2D eigenvalue weighted by atomic mass is 35.5. The number of benzene rings is 2. The summed E-state index contributed by atoms with van der Waals surface area (Å²) in [4.78, 5) is 24.1. The van der Waals surface area contributed by atoms with Crippen molar-refractivity contribution >= 4 is 39.7 Å². The van der Waals surface area contributed by atoms with E-state index in [9.17, 15) is 14.7 Å². The molecule has 7 heteroatoms. The van der Waals surface area contributed by atoms with Crippen LogP contribution < -0.4 is 5.69 Å². The highest BCUT2D eigenvalue weighted by Gasteiger charge is 2.20. The first-order valence-corrected chi connectivity index (χ1v) is 7.08. The predicted molar refractivity (Wildman–Crippen MR) is 85.7 cm³/mol. The molecule has 2 aromatic heterocycles. The molecule has 0 spiro atoms. The molecule has 2 heterocycles. The maximum absolute atomic E-state index is 12.6. The van der Waals surface area contributed by atoms with E-state index in [1.807, 2.05) is 0 Å². The highest BCUT2D eigenvalue weighted by Crippen LogP contribution is 2.28. The maximum Gasteiger partial charge on any atom is 0.420 e. The molecule has 0 atom stereocenters. The lowest BCUT2D eigenvalue weighted by molar-refractivity contribution is 0.196. The van der Waals surface area contributed by atoms with Crippen LogP contribution in [0, 0.1) is 0 Å². The predicted octanol–water partition coefficient (Wildman–Crippen LogP) is 3.72. The van der Waals surface area contributed by atoms with Gasteiger partial charge in [-0.25, -0.2) is 9.59 Å². The normalized spacial score (nSPS) is 11.3. The van der Waals surface area contributed by atoms with E-state index in [0.717, 1.165) is 0 Å². The molecule has 114 valence electrons. The second-order valence-corrected chi connectivity index (χ2v) is 5.42. The Morgan fingerprint density at radius 1 is 1.13 bits per heavy atom. The summed E-state index contributed by atoms with van der Waals surface area (Å²) in [6.45, 7) is 0. The van der Waals surface area contributed by atoms with E-state index in [0.29, 0.717) is 37.3 Å². The zero-order valence-corrected chi connectivity index (χ0v) is 12.3. The van der Waals surface area contributed by atoms with Gasteiger partial charge in [-0.15, -0.1) is 0 Å². The fourth-order valence-electron chi connectivity index (χ4n) is 2.73. The molecule has 0 aliphatic heterocycles. The summed E-state index contributed by atoms with van der Waals surface area (Å²) in [7, 11) is 0. The van der Waals surface area contributed by atoms with Gasteiger partial charge < -0.3 is 9.52 Å². The van der Waals surface area contributed by atoms with Crippen molar-refractivity contribution in [1.29, 1.82) is 0 Å². The van der Waals surface area contributed by atoms with Crippen molar-refractivity contribution in [3.8, 4) is 5.69 Å². The van der Waals surface area contributed by atoms with E-state index < -0.39 is 11.8 Å². The maximum atomic E-state index is 12.6. The average Bonchev–Trinajstić information content (AvgIpc) is 3.04. The molecule has 0 amide bonds. The Hall–Kier alpha value is -2.99. The second kappa shape index (κ2) is 4.76. The van der Waals surface area contributed by atoms with Crippen molar-refractivity contribution in [3.63, 3.8) is 0 Å². The quantitative estimate of drug-likeness (QED) is 0.577. The number of furan rings is 1. The molecule has 4 aromatic rings. The Morgan fingerprint density at radius 2 is 1.87 bits per heavy atom. The van der Waals surface area contributed by atoms with Gasteiger partial charge in [0.15, 0.2) is 0 Å². The van der Waals surface area contributed by atoms with Crippen molar-refractivity contribution in [2.75, 3.05) is 0 Å². The molecule has 0 aliphatic carbocycles. The molecular formula is C16H9ClN2O4. The zero-order valence-electron chi connectivity index (χ0n) is 11.6. The zero-order chi connectivity index (χ0) is 16.1. The van der Waals surface area contributed by atoms with Crippen LogP contribution in [0.5, 0.6) is 0 Å². The third-order valence-electron chi connectivity index (χ3n) is 3.70. The largest absolute Gasteiger partial charge is 0.464 e. The van der Waals surface area contributed by atoms with Crippen LogP contribution >= 0.6 is 11.6 Å². The summed E-state index contributed by atoms with van der Waals surface area (Å²) >= 11 is 5.94. The minimum absolute atomic E-state index is 0.313. The lowest BCUT2D eigenvalue weighted by atomic mass is 10.2. The van der Waals surface area contributed by atoms with Gasteiger partial charge in [0.25, 0.3) is 0 Å². The van der Waals surface area contributed by atoms with Crippen LogP contribution in [0.3, 0.4) is 0 Å². The minimum Gasteiger partial charge on any atom is -0.464 e. The molecule has 0 radical (unpaired) electrons. The van der Waals surface area contributed by atoms with E-state index in [1.165, 1.54) is 10.8 Å². The first kappa shape index (κ1) is 13.7. The van der Waals surface area contributed by atoms with E-state index >= 15 is 0 Å². The van der Waals surface area contributed by atoms with Gasteiger partial charge in [-0.3, -0.25) is 4.57 Å². The molecule has 1 N–H and O–H groups in total. The number of rotatable bonds is 1. The van der Waals surface area contributed by atoms with Crippen molar-refractivity contribution in [1.82, 2.24) is 9.13 Å². The van der Waals surface area contributed by atoms with Crippen LogP contribution in [0.2, 0.25) is 5.02 Å². The van der Waals surface area contributed by atoms with Crippen LogP contribution in [0.25, 0.3) is 27.7 Å². The number of nitrogens with zero attached hydrogens (tertiary/aromatic N) is 2. The lowest BCUT2D eigenvalue weighted by Crippen LogP contribution is -2.27. The SMILES string of the molecule is O=C(O)n1c(=O)n(-c2coc3cc(Cl)ccc23)c2ccccc21. The van der Waals surface area contributed by atoms with Crippen molar-refractivity contribution < 1.29 is 14.3 Å². The first-order chi connectivity index (χ1) is 11.1. The number of carboxylic acid groups (broad SMARTS) is 1. The molecular weight excluding hydrogens is 320 g/mol. The average molecular weight is 329 g/mol. The number of hydrogen-bond donors (Lipinski definition) is 1. The van der Waals surface area contributed by atoms with Crippen LogP contribution in [-0.2, 0) is 0 Å². The van der Waals surface area contributed by atoms with E-state index in [2.05, 4.69) is 0 Å². The summed E-state index contributed by atoms with van der Waals surface area (Å²) in [5.74, 6) is 0. The van der Waals surface area contributed by atoms with Gasteiger partial charge in [0.2, 0.25) is 0 Å². The number of hydrogen-bond acceptors (Lipinski definition) is 3. The van der Waals surface area contributed by atoms with Crippen LogP contribution in [-0.4, -0.2) is 20.3 Å². The summed E-state index contributed by atoms with van der Waals surface area (Å²) in [5.41, 5.74) is 1.12. The number of fused-ring (bicyclic) bond motifs is 2. The summed E-state index contributed by atoms with van der Waals surface area (Å²) in [6.07, 6.45) is 0.0851. The molecule has 0 fully saturated rings. The number of halogens is 1. The number of aromatic nitrogens is 2. The second-order valence-electron chi connectivity index (χ2n) is 4.99. The van der Waals surface area contributed by atoms with E-state index in [-0.39, 0.29) is 0 Å². The third kappa shape index (κ3) is 1.89. The Bertz CT molecular complexity index is 1140. The number of carbonyl (C=O) groups is 1. The van der Waals surface area contributed by atoms with E-state index in [4.69, 9.17) is 16.0 Å². The van der Waals surface area contributed by atoms with Crippen molar-refractivity contribution in [2.45, 2.75) is 0 Å². The molecule has 2 aromatic carbocycles. The summed E-state index contributed by atoms with van der Waals surface area (Å²) in [6, 6.07) is 11.7. The smallest absolute Gasteiger partial charge is 0.420 e. The Morgan fingerprint density at radius 3 is 2.61 bits per heavy atom. The Labute approximate surface area is 133 Å². The molecule has 0 saturated carbocycles. The van der Waals surface area contributed by atoms with Gasteiger partial charge in [0, 0.05) is 16.5 Å². The van der Waals surface area contributed by atoms with Crippen LogP contribution in [0.15, 0.2) is 57.9 Å². The molecule has 4 rings (SSSR count). The van der Waals surface area contributed by atoms with Gasteiger partial charge in [0.05, 0.1) is 16.7 Å². The Kier molecular flexibility index (Phi) is 2.82. The molecule has 6 nitrogen and oxygen atoms in total. The van der Waals surface area contributed by atoms with Gasteiger partial charge in [-0.2, -0.15) is 4.57 Å². The fraction of sp³-hybridized carbons (Fsp3) is 0. The molecule has 0 aliphatic rings. The first-order valence-electron chi connectivity index (χ1n) is 6.71. The van der Waals surface area contributed by atoms with Crippen molar-refractivity contribution in [2.24, 2.45) is 0 Å².